The molecular weight excluding hydrogens is 242 g/mol. The van der Waals surface area contributed by atoms with Crippen molar-refractivity contribution in [2.75, 3.05) is 0 Å². The van der Waals surface area contributed by atoms with Gasteiger partial charge in [-0.1, -0.05) is 0 Å². The second-order valence-electron chi connectivity index (χ2n) is 2.08. The molecule has 0 spiro atoms. The van der Waals surface area contributed by atoms with Crippen molar-refractivity contribution in [3.05, 3.63) is 0 Å². The first-order valence-electron chi connectivity index (χ1n) is 2.79. The molecule has 10 heteroatoms. The zero-order chi connectivity index (χ0) is 11.7. The maximum Gasteiger partial charge on any atom is 0.368 e. The maximum absolute atomic E-state index is 12.0. The van der Waals surface area contributed by atoms with E-state index in [0.29, 0.717) is 0 Å². The van der Waals surface area contributed by atoms with Gasteiger partial charge in [-0.15, -0.1) is 3.89 Å². The van der Waals surface area contributed by atoms with Crippen molar-refractivity contribution in [2.45, 2.75) is 17.9 Å². The van der Waals surface area contributed by atoms with Crippen LogP contribution in [0.1, 0.15) is 0 Å². The molecule has 0 bridgehead atoms. The van der Waals surface area contributed by atoms with Crippen LogP contribution < -0.4 is 0 Å². The molecule has 0 aliphatic rings. The van der Waals surface area contributed by atoms with Gasteiger partial charge in [0.05, 0.1) is 0 Å². The van der Waals surface area contributed by atoms with Gasteiger partial charge >= 0.3 is 22.6 Å². The average Bonchev–Trinajstić information content (AvgIpc) is 1.99. The van der Waals surface area contributed by atoms with Gasteiger partial charge in [-0.3, -0.25) is 4.79 Å². The Kier molecular flexibility index (Phi) is 3.54. The van der Waals surface area contributed by atoms with Crippen molar-refractivity contribution in [3.8, 4) is 0 Å². The Morgan fingerprint density at radius 1 is 1.14 bits per heavy atom. The van der Waals surface area contributed by atoms with Crippen LogP contribution in [0, 0.1) is 0 Å². The summed E-state index contributed by atoms with van der Waals surface area (Å²) in [6, 6.07) is 0. The Morgan fingerprint density at radius 2 is 1.50 bits per heavy atom. The molecule has 3 nitrogen and oxygen atoms in total. The number of hydrogen-bond donors (Lipinski definition) is 0. The molecule has 0 N–H and O–H groups in total. The van der Waals surface area contributed by atoms with Gasteiger partial charge in [-0.2, -0.15) is 17.2 Å². The van der Waals surface area contributed by atoms with E-state index in [1.807, 2.05) is 0 Å². The van der Waals surface area contributed by atoms with Crippen molar-refractivity contribution >= 4 is 16.0 Å². The lowest BCUT2D eigenvalue weighted by Crippen LogP contribution is -2.43. The Labute approximate surface area is 73.9 Å². The lowest BCUT2D eigenvalue weighted by atomic mass is 10.2. The van der Waals surface area contributed by atoms with Gasteiger partial charge in [0.15, 0.2) is 0 Å². The van der Waals surface area contributed by atoms with Gasteiger partial charge in [0.2, 0.25) is 0 Å². The summed E-state index contributed by atoms with van der Waals surface area (Å²) >= 11 is 0. The molecule has 84 valence electrons. The highest BCUT2D eigenvalue weighted by atomic mass is 32.3. The number of halogens is 6. The zero-order valence-corrected chi connectivity index (χ0v) is 6.87. The molecule has 0 aliphatic carbocycles. The lowest BCUT2D eigenvalue weighted by molar-refractivity contribution is -0.169. The molecule has 1 unspecified atom stereocenters. The van der Waals surface area contributed by atoms with Crippen LogP contribution >= 0.6 is 0 Å². The summed E-state index contributed by atoms with van der Waals surface area (Å²) in [4.78, 5) is 10.0. The highest BCUT2D eigenvalue weighted by Crippen LogP contribution is 2.27. The largest absolute Gasteiger partial charge is 0.368 e. The van der Waals surface area contributed by atoms with Gasteiger partial charge in [0.25, 0.3) is 11.3 Å². The summed E-state index contributed by atoms with van der Waals surface area (Å²) in [5.41, 5.74) is -4.30. The van der Waals surface area contributed by atoms with Gasteiger partial charge in [-0.05, 0) is 0 Å². The smallest absolute Gasteiger partial charge is 0.288 e. The second-order valence-corrected chi connectivity index (χ2v) is 3.44. The quantitative estimate of drug-likeness (QED) is 0.548. The van der Waals surface area contributed by atoms with E-state index < -0.39 is 33.9 Å². The van der Waals surface area contributed by atoms with Gasteiger partial charge in [0.1, 0.15) is 0 Å². The molecule has 0 rings (SSSR count). The third-order valence-corrected chi connectivity index (χ3v) is 1.76. The van der Waals surface area contributed by atoms with Crippen LogP contribution in [0.25, 0.3) is 0 Å². The number of carbonyl (C=O) groups excluding carboxylic acids is 1. The fraction of sp³-hybridized carbons (Fsp3) is 0.750. The first-order chi connectivity index (χ1) is 6.01. The van der Waals surface area contributed by atoms with Crippen LogP contribution in [0.3, 0.4) is 0 Å². The summed E-state index contributed by atoms with van der Waals surface area (Å²) in [5, 5.41) is 0. The van der Waals surface area contributed by atoms with Gasteiger partial charge in [-0.25, -0.2) is 13.2 Å². The van der Waals surface area contributed by atoms with Crippen molar-refractivity contribution in [3.63, 3.8) is 0 Å². The second kappa shape index (κ2) is 3.75. The summed E-state index contributed by atoms with van der Waals surface area (Å²) in [5.74, 6) is -8.85. The highest BCUT2D eigenvalue weighted by molar-refractivity contribution is 7.87. The molecule has 1 atom stereocenters. The standard InChI is InChI=1S/C4H2F6O3S/c5-2(14(10,12)13)1(11)4(8,9)3(6)7/h2-3H. The molecule has 0 aromatic rings. The fourth-order valence-corrected chi connectivity index (χ4v) is 0.800. The van der Waals surface area contributed by atoms with Crippen molar-refractivity contribution < 1.29 is 39.1 Å². The number of ketones is 1. The molecule has 0 fully saturated rings. The minimum atomic E-state index is -6.25. The van der Waals surface area contributed by atoms with Crippen LogP contribution in [0.5, 0.6) is 0 Å². The first kappa shape index (κ1) is 13.2. The lowest BCUT2D eigenvalue weighted by Gasteiger charge is -2.13. The predicted octanol–water partition coefficient (Wildman–Crippen LogP) is 1.05. The number of hydrogen-bond acceptors (Lipinski definition) is 3. The molecule has 0 aromatic carbocycles. The van der Waals surface area contributed by atoms with Crippen LogP contribution in [0.15, 0.2) is 0 Å². The van der Waals surface area contributed by atoms with E-state index in [-0.39, 0.29) is 0 Å². The summed E-state index contributed by atoms with van der Waals surface area (Å²) in [6.45, 7) is 0. The third-order valence-electron chi connectivity index (χ3n) is 1.06. The number of alkyl halides is 5. The van der Waals surface area contributed by atoms with Crippen LogP contribution in [-0.2, 0) is 15.0 Å². The zero-order valence-electron chi connectivity index (χ0n) is 6.06. The Hall–Kier alpha value is -0.800. The van der Waals surface area contributed by atoms with E-state index in [2.05, 4.69) is 0 Å². The number of carbonyl (C=O) groups is 1. The molecule has 0 aromatic heterocycles. The SMILES string of the molecule is O=C(C(F)S(=O)(=O)F)C(F)(F)C(F)F. The summed E-state index contributed by atoms with van der Waals surface area (Å²) in [7, 11) is -6.25. The van der Waals surface area contributed by atoms with E-state index in [0.717, 1.165) is 0 Å². The van der Waals surface area contributed by atoms with Crippen molar-refractivity contribution in [1.82, 2.24) is 0 Å². The maximum atomic E-state index is 12.0. The van der Waals surface area contributed by atoms with E-state index in [1.54, 1.807) is 0 Å². The van der Waals surface area contributed by atoms with Crippen molar-refractivity contribution in [2.24, 2.45) is 0 Å². The summed E-state index contributed by atoms with van der Waals surface area (Å²) < 4.78 is 89.5. The van der Waals surface area contributed by atoms with Crippen LogP contribution in [-0.4, -0.2) is 32.1 Å². The Bertz CT molecular complexity index is 322. The molecule has 14 heavy (non-hydrogen) atoms. The average molecular weight is 244 g/mol. The van der Waals surface area contributed by atoms with Crippen LogP contribution in [0.2, 0.25) is 0 Å². The molecule has 0 saturated carbocycles. The molecule has 0 amide bonds. The summed E-state index contributed by atoms with van der Waals surface area (Å²) in [6.07, 6.45) is -4.60. The highest BCUT2D eigenvalue weighted by Gasteiger charge is 2.55. The van der Waals surface area contributed by atoms with Crippen molar-refractivity contribution in [1.29, 1.82) is 0 Å². The van der Waals surface area contributed by atoms with E-state index in [1.165, 1.54) is 0 Å². The first-order valence-corrected chi connectivity index (χ1v) is 4.23. The molecule has 0 heterocycles. The molecule has 0 radical (unpaired) electrons. The minimum Gasteiger partial charge on any atom is -0.288 e. The fourth-order valence-electron chi connectivity index (χ4n) is 0.387. The molecule has 0 aliphatic heterocycles. The van der Waals surface area contributed by atoms with Crippen LogP contribution in [0.4, 0.5) is 25.8 Å². The minimum absolute atomic E-state index is 3.32. The Morgan fingerprint density at radius 3 is 1.71 bits per heavy atom. The molecular formula is C4H2F6O3S. The van der Waals surface area contributed by atoms with E-state index >= 15 is 0 Å². The predicted molar refractivity (Wildman–Crippen MR) is 30.9 cm³/mol. The topological polar surface area (TPSA) is 51.2 Å². The number of rotatable bonds is 4. The Balaban J connectivity index is 4.99. The van der Waals surface area contributed by atoms with E-state index in [9.17, 15) is 39.1 Å². The van der Waals surface area contributed by atoms with E-state index in [4.69, 9.17) is 0 Å². The monoisotopic (exact) mass is 244 g/mol. The number of Topliss-reactive ketones (excluding diaryl/α,β-unsaturated/α-hetero) is 1. The van der Waals surface area contributed by atoms with Gasteiger partial charge in [0, 0.05) is 0 Å². The third kappa shape index (κ3) is 2.59. The normalized spacial score (nSPS) is 15.6. The molecule has 0 saturated heterocycles. The van der Waals surface area contributed by atoms with Gasteiger partial charge < -0.3 is 0 Å².